The standard InChI is InChI=1S/C16H18N6/c1-2-4-15(5-3-1)22-11-6-14(21-22)12-17-7-9-19-16-13-18-8-10-20-16/h1-6,8,10-11,13,17H,7,9,12H2,(H,19,20). The number of nitrogens with one attached hydrogen (secondary N) is 2. The van der Waals surface area contributed by atoms with E-state index in [0.29, 0.717) is 0 Å². The summed E-state index contributed by atoms with van der Waals surface area (Å²) in [4.78, 5) is 8.16. The Kier molecular flexibility index (Phi) is 4.74. The molecule has 0 aliphatic heterocycles. The molecule has 6 heteroatoms. The lowest BCUT2D eigenvalue weighted by molar-refractivity contribution is 0.681. The number of benzene rings is 1. The van der Waals surface area contributed by atoms with Gasteiger partial charge >= 0.3 is 0 Å². The van der Waals surface area contributed by atoms with Crippen LogP contribution >= 0.6 is 0 Å². The van der Waals surface area contributed by atoms with Crippen molar-refractivity contribution in [2.75, 3.05) is 18.4 Å². The van der Waals surface area contributed by atoms with E-state index in [1.165, 1.54) is 0 Å². The van der Waals surface area contributed by atoms with Gasteiger partial charge in [0.1, 0.15) is 5.82 Å². The predicted molar refractivity (Wildman–Crippen MR) is 85.8 cm³/mol. The van der Waals surface area contributed by atoms with Gasteiger partial charge in [-0.2, -0.15) is 5.10 Å². The highest BCUT2D eigenvalue weighted by Gasteiger charge is 2.00. The molecule has 0 fully saturated rings. The summed E-state index contributed by atoms with van der Waals surface area (Å²) in [6, 6.07) is 12.1. The van der Waals surface area contributed by atoms with Gasteiger partial charge in [-0.25, -0.2) is 9.67 Å². The van der Waals surface area contributed by atoms with Crippen molar-refractivity contribution in [2.24, 2.45) is 0 Å². The lowest BCUT2D eigenvalue weighted by atomic mass is 10.3. The van der Waals surface area contributed by atoms with Gasteiger partial charge in [0, 0.05) is 38.2 Å². The third-order valence-corrected chi connectivity index (χ3v) is 3.14. The van der Waals surface area contributed by atoms with E-state index in [9.17, 15) is 0 Å². The fraction of sp³-hybridized carbons (Fsp3) is 0.188. The molecule has 0 spiro atoms. The molecule has 2 heterocycles. The molecule has 0 aliphatic carbocycles. The highest BCUT2D eigenvalue weighted by atomic mass is 15.3. The molecule has 3 rings (SSSR count). The van der Waals surface area contributed by atoms with Crippen molar-refractivity contribution in [2.45, 2.75) is 6.54 Å². The van der Waals surface area contributed by atoms with Crippen LogP contribution in [0.5, 0.6) is 0 Å². The zero-order valence-electron chi connectivity index (χ0n) is 12.2. The van der Waals surface area contributed by atoms with Gasteiger partial charge in [0.25, 0.3) is 0 Å². The van der Waals surface area contributed by atoms with Crippen LogP contribution in [0, 0.1) is 0 Å². The van der Waals surface area contributed by atoms with Crippen LogP contribution in [0.25, 0.3) is 5.69 Å². The Hall–Kier alpha value is -2.73. The Morgan fingerprint density at radius 3 is 2.73 bits per heavy atom. The molecule has 6 nitrogen and oxygen atoms in total. The number of para-hydroxylation sites is 1. The first-order chi connectivity index (χ1) is 10.9. The zero-order chi connectivity index (χ0) is 15.0. The van der Waals surface area contributed by atoms with Crippen molar-refractivity contribution in [1.82, 2.24) is 25.1 Å². The molecule has 0 unspecified atom stereocenters. The highest BCUT2D eigenvalue weighted by molar-refractivity contribution is 5.30. The molecule has 2 N–H and O–H groups in total. The summed E-state index contributed by atoms with van der Waals surface area (Å²) >= 11 is 0. The minimum absolute atomic E-state index is 0.738. The number of anilines is 1. The quantitative estimate of drug-likeness (QED) is 0.651. The third kappa shape index (κ3) is 3.89. The van der Waals surface area contributed by atoms with Crippen LogP contribution in [-0.2, 0) is 6.54 Å². The second kappa shape index (κ2) is 7.33. The lowest BCUT2D eigenvalue weighted by Gasteiger charge is -2.05. The van der Waals surface area contributed by atoms with Gasteiger partial charge in [-0.15, -0.1) is 0 Å². The molecule has 0 atom stereocenters. The number of rotatable bonds is 7. The number of aromatic nitrogens is 4. The van der Waals surface area contributed by atoms with E-state index in [2.05, 4.69) is 25.7 Å². The first kappa shape index (κ1) is 14.2. The first-order valence-electron chi connectivity index (χ1n) is 7.22. The van der Waals surface area contributed by atoms with E-state index in [4.69, 9.17) is 0 Å². The minimum atomic E-state index is 0.738. The van der Waals surface area contributed by atoms with Crippen molar-refractivity contribution in [3.63, 3.8) is 0 Å². The summed E-state index contributed by atoms with van der Waals surface area (Å²) in [7, 11) is 0. The Balaban J connectivity index is 1.42. The lowest BCUT2D eigenvalue weighted by Crippen LogP contribution is -2.22. The average molecular weight is 294 g/mol. The molecule has 3 aromatic rings. The van der Waals surface area contributed by atoms with Crippen molar-refractivity contribution in [3.05, 3.63) is 66.9 Å². The first-order valence-corrected chi connectivity index (χ1v) is 7.22. The summed E-state index contributed by atoms with van der Waals surface area (Å²) in [5.74, 6) is 0.789. The average Bonchev–Trinajstić information content (AvgIpc) is 3.05. The molecular weight excluding hydrogens is 276 g/mol. The largest absolute Gasteiger partial charge is 0.368 e. The van der Waals surface area contributed by atoms with Crippen LogP contribution < -0.4 is 10.6 Å². The van der Waals surface area contributed by atoms with Gasteiger partial charge in [-0.1, -0.05) is 18.2 Å². The van der Waals surface area contributed by atoms with Gasteiger partial charge in [-0.05, 0) is 18.2 Å². The van der Waals surface area contributed by atoms with Crippen LogP contribution in [0.15, 0.2) is 61.2 Å². The Labute approximate surface area is 129 Å². The summed E-state index contributed by atoms with van der Waals surface area (Å²) in [5, 5.41) is 11.1. The topological polar surface area (TPSA) is 67.7 Å². The van der Waals surface area contributed by atoms with E-state index >= 15 is 0 Å². The number of nitrogens with zero attached hydrogens (tertiary/aromatic N) is 4. The van der Waals surface area contributed by atoms with E-state index in [1.807, 2.05) is 47.3 Å². The van der Waals surface area contributed by atoms with Gasteiger partial charge in [0.2, 0.25) is 0 Å². The molecule has 0 aliphatic rings. The molecule has 0 amide bonds. The Bertz CT molecular complexity index is 680. The minimum Gasteiger partial charge on any atom is -0.368 e. The molecule has 0 radical (unpaired) electrons. The van der Waals surface area contributed by atoms with Crippen LogP contribution in [0.3, 0.4) is 0 Å². The van der Waals surface area contributed by atoms with Gasteiger partial charge in [0.05, 0.1) is 17.6 Å². The fourth-order valence-electron chi connectivity index (χ4n) is 2.07. The van der Waals surface area contributed by atoms with Crippen molar-refractivity contribution >= 4 is 5.82 Å². The van der Waals surface area contributed by atoms with Crippen LogP contribution in [0.4, 0.5) is 5.82 Å². The van der Waals surface area contributed by atoms with Crippen LogP contribution in [0.2, 0.25) is 0 Å². The smallest absolute Gasteiger partial charge is 0.144 e. The molecule has 0 bridgehead atoms. The molecule has 1 aromatic carbocycles. The maximum atomic E-state index is 4.55. The van der Waals surface area contributed by atoms with E-state index in [0.717, 1.165) is 36.8 Å². The Morgan fingerprint density at radius 1 is 1.00 bits per heavy atom. The molecule has 112 valence electrons. The van der Waals surface area contributed by atoms with Crippen LogP contribution in [0.1, 0.15) is 5.69 Å². The van der Waals surface area contributed by atoms with Gasteiger partial charge < -0.3 is 10.6 Å². The molecule has 0 saturated heterocycles. The maximum Gasteiger partial charge on any atom is 0.144 e. The number of hydrogen-bond acceptors (Lipinski definition) is 5. The zero-order valence-corrected chi connectivity index (χ0v) is 12.2. The summed E-state index contributed by atoms with van der Waals surface area (Å²) in [6.45, 7) is 2.36. The van der Waals surface area contributed by atoms with Gasteiger partial charge in [-0.3, -0.25) is 4.98 Å². The maximum absolute atomic E-state index is 4.55. The van der Waals surface area contributed by atoms with E-state index in [-0.39, 0.29) is 0 Å². The second-order valence-corrected chi connectivity index (χ2v) is 4.78. The molecular formula is C16H18N6. The summed E-state index contributed by atoms with van der Waals surface area (Å²) < 4.78 is 1.88. The van der Waals surface area contributed by atoms with E-state index in [1.54, 1.807) is 18.6 Å². The number of hydrogen-bond donors (Lipinski definition) is 2. The van der Waals surface area contributed by atoms with E-state index < -0.39 is 0 Å². The van der Waals surface area contributed by atoms with Crippen LogP contribution in [-0.4, -0.2) is 32.8 Å². The molecule has 0 saturated carbocycles. The second-order valence-electron chi connectivity index (χ2n) is 4.78. The van der Waals surface area contributed by atoms with Crippen molar-refractivity contribution in [1.29, 1.82) is 0 Å². The monoisotopic (exact) mass is 294 g/mol. The summed E-state index contributed by atoms with van der Waals surface area (Å²) in [5.41, 5.74) is 2.08. The highest BCUT2D eigenvalue weighted by Crippen LogP contribution is 2.06. The van der Waals surface area contributed by atoms with Gasteiger partial charge in [0.15, 0.2) is 0 Å². The van der Waals surface area contributed by atoms with Crippen molar-refractivity contribution < 1.29 is 0 Å². The fourth-order valence-corrected chi connectivity index (χ4v) is 2.07. The van der Waals surface area contributed by atoms with Crippen molar-refractivity contribution in [3.8, 4) is 5.69 Å². The molecule has 22 heavy (non-hydrogen) atoms. The normalized spacial score (nSPS) is 10.5. The SMILES string of the molecule is c1ccc(-n2ccc(CNCCNc3cnccn3)n2)cc1. The third-order valence-electron chi connectivity index (χ3n) is 3.14. The Morgan fingerprint density at radius 2 is 1.91 bits per heavy atom. The predicted octanol–water partition coefficient (Wildman–Crippen LogP) is 1.86. The molecule has 2 aromatic heterocycles. The summed E-state index contributed by atoms with van der Waals surface area (Å²) in [6.07, 6.45) is 7.02.